The van der Waals surface area contributed by atoms with Crippen LogP contribution in [0.5, 0.6) is 0 Å². The molecular formula is C22H27N3O2. The molecule has 4 rings (SSSR count). The molecule has 5 heteroatoms. The van der Waals surface area contributed by atoms with Gasteiger partial charge >= 0.3 is 6.09 Å². The van der Waals surface area contributed by atoms with E-state index in [4.69, 9.17) is 4.74 Å². The lowest BCUT2D eigenvalue weighted by Gasteiger charge is -2.40. The van der Waals surface area contributed by atoms with Crippen LogP contribution in [0.4, 0.5) is 4.79 Å². The van der Waals surface area contributed by atoms with Gasteiger partial charge in [-0.1, -0.05) is 60.7 Å². The van der Waals surface area contributed by atoms with E-state index in [2.05, 4.69) is 70.5 Å². The topological polar surface area (TPSA) is 36.0 Å². The average molecular weight is 365 g/mol. The number of rotatable bonds is 6. The highest BCUT2D eigenvalue weighted by atomic mass is 16.6. The predicted octanol–water partition coefficient (Wildman–Crippen LogP) is 2.85. The Hall–Kier alpha value is -2.37. The van der Waals surface area contributed by atoms with Gasteiger partial charge in [-0.25, -0.2) is 4.79 Å². The Morgan fingerprint density at radius 3 is 1.89 bits per heavy atom. The molecule has 0 spiro atoms. The van der Waals surface area contributed by atoms with E-state index in [1.54, 1.807) is 0 Å². The van der Waals surface area contributed by atoms with Crippen LogP contribution in [0.25, 0.3) is 0 Å². The fraction of sp³-hybridized carbons (Fsp3) is 0.409. The fourth-order valence-electron chi connectivity index (χ4n) is 4.02. The van der Waals surface area contributed by atoms with E-state index in [1.807, 2.05) is 4.90 Å². The highest BCUT2D eigenvalue weighted by molar-refractivity contribution is 5.69. The van der Waals surface area contributed by atoms with Crippen LogP contribution in [-0.2, 0) is 4.74 Å². The Bertz CT molecular complexity index is 690. The number of nitrogens with zero attached hydrogens (tertiary/aromatic N) is 3. The van der Waals surface area contributed by atoms with Gasteiger partial charge in [-0.3, -0.25) is 9.80 Å². The van der Waals surface area contributed by atoms with Crippen molar-refractivity contribution < 1.29 is 9.53 Å². The highest BCUT2D eigenvalue weighted by Gasteiger charge is 2.27. The molecule has 2 aromatic carbocycles. The number of ether oxygens (including phenoxy) is 1. The summed E-state index contributed by atoms with van der Waals surface area (Å²) in [6.45, 7) is 7.05. The molecule has 2 saturated heterocycles. The summed E-state index contributed by atoms with van der Waals surface area (Å²) in [6, 6.07) is 21.8. The van der Waals surface area contributed by atoms with Crippen molar-refractivity contribution in [3.63, 3.8) is 0 Å². The molecule has 142 valence electrons. The third-order valence-electron chi connectivity index (χ3n) is 5.53. The second kappa shape index (κ2) is 8.55. The quantitative estimate of drug-likeness (QED) is 0.789. The van der Waals surface area contributed by atoms with Crippen LogP contribution in [0, 0.1) is 0 Å². The van der Waals surface area contributed by atoms with Gasteiger partial charge in [0.2, 0.25) is 0 Å². The van der Waals surface area contributed by atoms with Gasteiger partial charge in [0.25, 0.3) is 0 Å². The van der Waals surface area contributed by atoms with Gasteiger partial charge in [-0.05, 0) is 11.1 Å². The molecule has 0 aliphatic carbocycles. The lowest BCUT2D eigenvalue weighted by atomic mass is 9.96. The summed E-state index contributed by atoms with van der Waals surface area (Å²) in [5.74, 6) is 0. The zero-order chi connectivity index (χ0) is 18.5. The second-order valence-electron chi connectivity index (χ2n) is 7.20. The number of carbonyl (C=O) groups is 1. The molecule has 2 heterocycles. The maximum absolute atomic E-state index is 11.6. The van der Waals surface area contributed by atoms with Crippen LogP contribution >= 0.6 is 0 Å². The SMILES string of the molecule is O=C1OCCN1CCN1CCN(C(c2ccccc2)c2ccccc2)CC1. The highest BCUT2D eigenvalue weighted by Crippen LogP contribution is 2.29. The summed E-state index contributed by atoms with van der Waals surface area (Å²) in [4.78, 5) is 18.4. The summed E-state index contributed by atoms with van der Waals surface area (Å²) in [7, 11) is 0. The number of hydrogen-bond acceptors (Lipinski definition) is 4. The fourth-order valence-corrected chi connectivity index (χ4v) is 4.02. The van der Waals surface area contributed by atoms with Crippen molar-refractivity contribution in [1.29, 1.82) is 0 Å². The van der Waals surface area contributed by atoms with Gasteiger partial charge in [0.05, 0.1) is 12.6 Å². The number of benzene rings is 2. The van der Waals surface area contributed by atoms with Gasteiger partial charge < -0.3 is 9.64 Å². The van der Waals surface area contributed by atoms with E-state index in [-0.39, 0.29) is 6.09 Å². The monoisotopic (exact) mass is 365 g/mol. The average Bonchev–Trinajstić information content (AvgIpc) is 3.14. The molecule has 0 N–H and O–H groups in total. The van der Waals surface area contributed by atoms with Gasteiger partial charge in [0, 0.05) is 39.3 Å². The van der Waals surface area contributed by atoms with E-state index in [0.717, 1.165) is 45.8 Å². The molecule has 0 bridgehead atoms. The molecule has 0 unspecified atom stereocenters. The number of hydrogen-bond donors (Lipinski definition) is 0. The van der Waals surface area contributed by atoms with Crippen molar-refractivity contribution in [2.75, 3.05) is 52.4 Å². The van der Waals surface area contributed by atoms with Crippen molar-refractivity contribution in [2.45, 2.75) is 6.04 Å². The van der Waals surface area contributed by atoms with Crippen LogP contribution in [-0.4, -0.2) is 73.2 Å². The lowest BCUT2D eigenvalue weighted by Crippen LogP contribution is -2.49. The molecule has 0 radical (unpaired) electrons. The Balaban J connectivity index is 1.39. The van der Waals surface area contributed by atoms with Crippen LogP contribution in [0.2, 0.25) is 0 Å². The number of piperazine rings is 1. The molecule has 2 aromatic rings. The standard InChI is InChI=1S/C22H27N3O2/c26-22-25(17-18-27-22)16-13-23-11-14-24(15-12-23)21(19-7-3-1-4-8-19)20-9-5-2-6-10-20/h1-10,21H,11-18H2. The summed E-state index contributed by atoms with van der Waals surface area (Å²) >= 11 is 0. The molecule has 27 heavy (non-hydrogen) atoms. The maximum Gasteiger partial charge on any atom is 0.409 e. The summed E-state index contributed by atoms with van der Waals surface area (Å²) in [5.41, 5.74) is 2.69. The lowest BCUT2D eigenvalue weighted by molar-refractivity contribution is 0.102. The summed E-state index contributed by atoms with van der Waals surface area (Å²) < 4.78 is 5.01. The van der Waals surface area contributed by atoms with Gasteiger partial charge in [0.1, 0.15) is 6.61 Å². The second-order valence-corrected chi connectivity index (χ2v) is 7.20. The van der Waals surface area contributed by atoms with E-state index in [0.29, 0.717) is 12.6 Å². The Morgan fingerprint density at radius 2 is 1.37 bits per heavy atom. The Morgan fingerprint density at radius 1 is 0.778 bits per heavy atom. The van der Waals surface area contributed by atoms with Gasteiger partial charge in [-0.15, -0.1) is 0 Å². The van der Waals surface area contributed by atoms with Crippen LogP contribution in [0.1, 0.15) is 17.2 Å². The molecule has 2 aliphatic rings. The molecule has 1 amide bonds. The number of cyclic esters (lactones) is 1. The van der Waals surface area contributed by atoms with Crippen LogP contribution in [0.15, 0.2) is 60.7 Å². The first-order valence-electron chi connectivity index (χ1n) is 9.79. The Labute approximate surface area is 161 Å². The third kappa shape index (κ3) is 4.31. The van der Waals surface area contributed by atoms with Crippen molar-refractivity contribution in [3.8, 4) is 0 Å². The van der Waals surface area contributed by atoms with Crippen molar-refractivity contribution >= 4 is 6.09 Å². The normalized spacial score (nSPS) is 18.9. The van der Waals surface area contributed by atoms with E-state index in [1.165, 1.54) is 11.1 Å². The van der Waals surface area contributed by atoms with E-state index >= 15 is 0 Å². The first-order chi connectivity index (χ1) is 13.3. The minimum atomic E-state index is -0.165. The molecule has 0 atom stereocenters. The van der Waals surface area contributed by atoms with Gasteiger partial charge in [-0.2, -0.15) is 0 Å². The molecule has 0 aromatic heterocycles. The molecule has 2 aliphatic heterocycles. The maximum atomic E-state index is 11.6. The Kier molecular flexibility index (Phi) is 5.70. The van der Waals surface area contributed by atoms with Gasteiger partial charge in [0.15, 0.2) is 0 Å². The van der Waals surface area contributed by atoms with Crippen LogP contribution < -0.4 is 0 Å². The molecule has 5 nitrogen and oxygen atoms in total. The van der Waals surface area contributed by atoms with Crippen LogP contribution in [0.3, 0.4) is 0 Å². The molecule has 2 fully saturated rings. The van der Waals surface area contributed by atoms with Crippen molar-refractivity contribution in [2.24, 2.45) is 0 Å². The summed E-state index contributed by atoms with van der Waals surface area (Å²) in [5, 5.41) is 0. The first kappa shape index (κ1) is 18.0. The minimum Gasteiger partial charge on any atom is -0.448 e. The predicted molar refractivity (Wildman–Crippen MR) is 106 cm³/mol. The number of carbonyl (C=O) groups excluding carboxylic acids is 1. The van der Waals surface area contributed by atoms with Crippen molar-refractivity contribution in [1.82, 2.24) is 14.7 Å². The third-order valence-corrected chi connectivity index (χ3v) is 5.53. The summed E-state index contributed by atoms with van der Waals surface area (Å²) in [6.07, 6.45) is -0.165. The molecule has 0 saturated carbocycles. The smallest absolute Gasteiger partial charge is 0.409 e. The first-order valence-corrected chi connectivity index (χ1v) is 9.79. The zero-order valence-corrected chi connectivity index (χ0v) is 15.7. The van der Waals surface area contributed by atoms with Crippen molar-refractivity contribution in [3.05, 3.63) is 71.8 Å². The van der Waals surface area contributed by atoms with E-state index < -0.39 is 0 Å². The minimum absolute atomic E-state index is 0.165. The zero-order valence-electron chi connectivity index (χ0n) is 15.7. The van der Waals surface area contributed by atoms with E-state index in [9.17, 15) is 4.79 Å². The number of amides is 1. The largest absolute Gasteiger partial charge is 0.448 e. The molecular weight excluding hydrogens is 338 g/mol.